The molecule has 5 aromatic carbocycles. The normalized spacial score (nSPS) is 11.1. The van der Waals surface area contributed by atoms with Crippen molar-refractivity contribution in [1.29, 1.82) is 0 Å². The number of aryl methyl sites for hydroxylation is 2. The number of aromatic carboxylic acids is 1. The van der Waals surface area contributed by atoms with Crippen LogP contribution < -0.4 is 14.8 Å². The number of hydrogen-bond acceptors (Lipinski definition) is 6. The van der Waals surface area contributed by atoms with E-state index < -0.39 is 21.7 Å². The van der Waals surface area contributed by atoms with Crippen LogP contribution >= 0.6 is 0 Å². The van der Waals surface area contributed by atoms with Gasteiger partial charge in [0.15, 0.2) is 0 Å². The lowest BCUT2D eigenvalue weighted by Crippen LogP contribution is -2.17. The Kier molecular flexibility index (Phi) is 9.39. The molecule has 0 spiro atoms. The van der Waals surface area contributed by atoms with Crippen molar-refractivity contribution < 1.29 is 33.0 Å². The molecule has 0 radical (unpaired) electrons. The second-order valence-electron chi connectivity index (χ2n) is 10.9. The van der Waals surface area contributed by atoms with E-state index in [0.29, 0.717) is 22.7 Å². The third-order valence-electron chi connectivity index (χ3n) is 7.16. The average Bonchev–Trinajstić information content (AvgIpc) is 3.00. The summed E-state index contributed by atoms with van der Waals surface area (Å²) < 4.78 is 34.4. The van der Waals surface area contributed by atoms with Crippen LogP contribution in [0.2, 0.25) is 0 Å². The molecule has 0 atom stereocenters. The summed E-state index contributed by atoms with van der Waals surface area (Å²) in [6.07, 6.45) is 0. The number of sulfonamides is 1. The number of phenols is 1. The molecule has 0 aliphatic rings. The van der Waals surface area contributed by atoms with Crippen molar-refractivity contribution in [2.75, 3.05) is 10.0 Å². The Labute approximate surface area is 267 Å². The summed E-state index contributed by atoms with van der Waals surface area (Å²) >= 11 is 0. The lowest BCUT2D eigenvalue weighted by molar-refractivity contribution is 0.0695. The molecule has 5 aromatic rings. The fourth-order valence-corrected chi connectivity index (χ4v) is 6.24. The van der Waals surface area contributed by atoms with Gasteiger partial charge in [0.05, 0.1) is 11.3 Å². The van der Waals surface area contributed by atoms with E-state index in [9.17, 15) is 28.2 Å². The van der Waals surface area contributed by atoms with E-state index in [1.165, 1.54) is 12.1 Å². The summed E-state index contributed by atoms with van der Waals surface area (Å²) in [6.45, 7) is 3.86. The number of carbonyl (C=O) groups excluding carboxylic acids is 1. The van der Waals surface area contributed by atoms with E-state index in [0.717, 1.165) is 27.8 Å². The number of phenolic OH excluding ortho intramolecular Hbond substituents is 1. The lowest BCUT2D eigenvalue weighted by atomic mass is 10.0. The molecular weight excluding hydrogens is 604 g/mol. The largest absolute Gasteiger partial charge is 0.508 e. The second-order valence-corrected chi connectivity index (χ2v) is 12.6. The van der Waals surface area contributed by atoms with Gasteiger partial charge in [0.25, 0.3) is 5.91 Å². The zero-order valence-electron chi connectivity index (χ0n) is 25.2. The van der Waals surface area contributed by atoms with Gasteiger partial charge in [-0.15, -0.1) is 0 Å². The van der Waals surface area contributed by atoms with E-state index >= 15 is 0 Å². The molecule has 0 aliphatic carbocycles. The number of carboxylic acid groups (broad SMARTS) is 1. The number of carboxylic acids is 1. The van der Waals surface area contributed by atoms with Gasteiger partial charge in [0, 0.05) is 16.9 Å². The van der Waals surface area contributed by atoms with Gasteiger partial charge in [0.1, 0.15) is 18.1 Å². The molecule has 0 heterocycles. The number of anilines is 2. The van der Waals surface area contributed by atoms with Gasteiger partial charge in [-0.1, -0.05) is 48.5 Å². The minimum atomic E-state index is -3.90. The molecule has 0 aromatic heterocycles. The maximum Gasteiger partial charge on any atom is 0.335 e. The van der Waals surface area contributed by atoms with Gasteiger partial charge in [-0.05, 0) is 108 Å². The van der Waals surface area contributed by atoms with Gasteiger partial charge in [-0.3, -0.25) is 9.52 Å². The topological polar surface area (TPSA) is 142 Å². The fraction of sp³-hybridized carbons (Fsp3) is 0.111. The molecule has 0 unspecified atom stereocenters. The minimum absolute atomic E-state index is 0.0630. The van der Waals surface area contributed by atoms with E-state index in [4.69, 9.17) is 4.74 Å². The smallest absolute Gasteiger partial charge is 0.335 e. The van der Waals surface area contributed by atoms with Crippen LogP contribution in [0.4, 0.5) is 11.4 Å². The first-order valence-corrected chi connectivity index (χ1v) is 16.0. The van der Waals surface area contributed by atoms with Gasteiger partial charge in [-0.2, -0.15) is 0 Å². The maximum atomic E-state index is 13.0. The van der Waals surface area contributed by atoms with Gasteiger partial charge >= 0.3 is 5.97 Å². The maximum absolute atomic E-state index is 13.0. The zero-order chi connectivity index (χ0) is 32.8. The quantitative estimate of drug-likeness (QED) is 0.121. The van der Waals surface area contributed by atoms with Crippen molar-refractivity contribution in [1.82, 2.24) is 0 Å². The molecule has 9 nitrogen and oxygen atoms in total. The third-order valence-corrected chi connectivity index (χ3v) is 8.39. The van der Waals surface area contributed by atoms with Crippen LogP contribution in [0.1, 0.15) is 43.0 Å². The van der Waals surface area contributed by atoms with E-state index in [1.807, 2.05) is 32.0 Å². The molecule has 10 heteroatoms. The highest BCUT2D eigenvalue weighted by atomic mass is 32.2. The molecular formula is C36H32N2O7S. The summed E-state index contributed by atoms with van der Waals surface area (Å²) in [5, 5.41) is 21.9. The summed E-state index contributed by atoms with van der Waals surface area (Å²) in [4.78, 5) is 24.5. The third kappa shape index (κ3) is 8.10. The van der Waals surface area contributed by atoms with Crippen molar-refractivity contribution in [2.24, 2.45) is 0 Å². The van der Waals surface area contributed by atoms with Crippen LogP contribution in [-0.4, -0.2) is 30.5 Å². The molecule has 0 saturated heterocycles. The van der Waals surface area contributed by atoms with Crippen LogP contribution in [0.25, 0.3) is 11.1 Å². The van der Waals surface area contributed by atoms with Crippen LogP contribution in [0.5, 0.6) is 11.5 Å². The molecule has 234 valence electrons. The first-order chi connectivity index (χ1) is 22.0. The molecule has 0 aliphatic heterocycles. The molecule has 0 fully saturated rings. The summed E-state index contributed by atoms with van der Waals surface area (Å²) in [6, 6.07) is 30.5. The Morgan fingerprint density at radius 2 is 1.54 bits per heavy atom. The fourth-order valence-electron chi connectivity index (χ4n) is 5.03. The Balaban J connectivity index is 1.22. The summed E-state index contributed by atoms with van der Waals surface area (Å²) in [7, 11) is -3.90. The SMILES string of the molecule is Cc1cc(COc2ccc(NC(=O)c3cccc(-c4ccc(O)cc4)c3)cc2C)cc(NS(=O)(=O)Cc2ccccc2C(=O)O)c1. The monoisotopic (exact) mass is 636 g/mol. The first-order valence-electron chi connectivity index (χ1n) is 14.3. The van der Waals surface area contributed by atoms with Crippen molar-refractivity contribution in [3.63, 3.8) is 0 Å². The minimum Gasteiger partial charge on any atom is -0.508 e. The lowest BCUT2D eigenvalue weighted by Gasteiger charge is -2.14. The number of rotatable bonds is 11. The number of hydrogen-bond donors (Lipinski definition) is 4. The molecule has 0 saturated carbocycles. The van der Waals surface area contributed by atoms with E-state index in [1.54, 1.807) is 78.9 Å². The molecule has 46 heavy (non-hydrogen) atoms. The van der Waals surface area contributed by atoms with Crippen molar-refractivity contribution in [3.8, 4) is 22.6 Å². The predicted octanol–water partition coefficient (Wildman–Crippen LogP) is 7.15. The molecule has 1 amide bonds. The zero-order valence-corrected chi connectivity index (χ0v) is 26.0. The molecule has 5 rings (SSSR count). The van der Waals surface area contributed by atoms with Crippen LogP contribution in [0.3, 0.4) is 0 Å². The van der Waals surface area contributed by atoms with Crippen molar-refractivity contribution in [3.05, 3.63) is 143 Å². The standard InChI is InChI=1S/C36H32N2O7S/c1-23-16-25(19-31(17-23)38-46(43,44)22-29-6-3-4-9-33(29)36(41)42)21-45-34-15-12-30(18-24(34)2)37-35(40)28-8-5-7-27(20-28)26-10-13-32(39)14-11-26/h3-20,38-39H,21-22H2,1-2H3,(H,37,40)(H,41,42). The first kappa shape index (κ1) is 31.8. The summed E-state index contributed by atoms with van der Waals surface area (Å²) in [5.41, 5.74) is 5.62. The number of benzene rings is 5. The number of amides is 1. The number of aromatic hydroxyl groups is 1. The highest BCUT2D eigenvalue weighted by Crippen LogP contribution is 2.26. The average molecular weight is 637 g/mol. The Bertz CT molecular complexity index is 2020. The number of nitrogens with one attached hydrogen (secondary N) is 2. The van der Waals surface area contributed by atoms with E-state index in [2.05, 4.69) is 10.0 Å². The van der Waals surface area contributed by atoms with Crippen LogP contribution in [0.15, 0.2) is 109 Å². The van der Waals surface area contributed by atoms with Gasteiger partial charge in [0.2, 0.25) is 10.0 Å². The molecule has 4 N–H and O–H groups in total. The predicted molar refractivity (Wildman–Crippen MR) is 178 cm³/mol. The highest BCUT2D eigenvalue weighted by molar-refractivity contribution is 7.91. The van der Waals surface area contributed by atoms with Crippen LogP contribution in [0, 0.1) is 13.8 Å². The van der Waals surface area contributed by atoms with Crippen molar-refractivity contribution in [2.45, 2.75) is 26.2 Å². The number of ether oxygens (including phenoxy) is 1. The molecule has 0 bridgehead atoms. The van der Waals surface area contributed by atoms with E-state index in [-0.39, 0.29) is 29.4 Å². The van der Waals surface area contributed by atoms with Crippen molar-refractivity contribution >= 4 is 33.3 Å². The highest BCUT2D eigenvalue weighted by Gasteiger charge is 2.18. The van der Waals surface area contributed by atoms with Gasteiger partial charge in [-0.25, -0.2) is 13.2 Å². The Morgan fingerprint density at radius 3 is 2.28 bits per heavy atom. The second kappa shape index (κ2) is 13.6. The Morgan fingerprint density at radius 1 is 0.783 bits per heavy atom. The van der Waals surface area contributed by atoms with Gasteiger partial charge < -0.3 is 20.3 Å². The Hall–Kier alpha value is -5.61. The number of carbonyl (C=O) groups is 2. The summed E-state index contributed by atoms with van der Waals surface area (Å²) in [5.74, 6) is -1.18. The van der Waals surface area contributed by atoms with Crippen LogP contribution in [-0.2, 0) is 22.4 Å².